The van der Waals surface area contributed by atoms with E-state index in [0.29, 0.717) is 12.7 Å². The monoisotopic (exact) mass is 225 g/mol. The second kappa shape index (κ2) is 4.77. The number of hydrogen-bond donors (Lipinski definition) is 1. The first-order chi connectivity index (χ1) is 7.29. The average Bonchev–Trinajstić information content (AvgIpc) is 2.72. The molecule has 0 bridgehead atoms. The lowest BCUT2D eigenvalue weighted by molar-refractivity contribution is 0.174. The van der Waals surface area contributed by atoms with Gasteiger partial charge in [-0.1, -0.05) is 6.92 Å². The Hall–Kier alpha value is -0.870. The lowest BCUT2D eigenvalue weighted by atomic mass is 10.2. The average molecular weight is 225 g/mol. The van der Waals surface area contributed by atoms with Gasteiger partial charge in [0.1, 0.15) is 0 Å². The van der Waals surface area contributed by atoms with Crippen LogP contribution in [-0.2, 0) is 0 Å². The van der Waals surface area contributed by atoms with E-state index < -0.39 is 0 Å². The number of thioether (sulfide) groups is 1. The highest BCUT2D eigenvalue weighted by atomic mass is 32.2. The first kappa shape index (κ1) is 10.6. The van der Waals surface area contributed by atoms with Gasteiger partial charge in [0.25, 0.3) is 0 Å². The highest BCUT2D eigenvalue weighted by Crippen LogP contribution is 2.35. The second-order valence-electron chi connectivity index (χ2n) is 3.67. The molecular formula is C11H15NO2S. The molecule has 1 aromatic rings. The summed E-state index contributed by atoms with van der Waals surface area (Å²) in [6.07, 6.45) is 0. The van der Waals surface area contributed by atoms with Crippen LogP contribution in [0.2, 0.25) is 0 Å². The number of fused-ring (bicyclic) bond motifs is 1. The smallest absolute Gasteiger partial charge is 0.231 e. The minimum atomic E-state index is 0.336. The van der Waals surface area contributed by atoms with Crippen LogP contribution in [0.1, 0.15) is 6.92 Å². The molecule has 1 aliphatic heterocycles. The molecule has 0 saturated carbocycles. The molecule has 3 nitrogen and oxygen atoms in total. The van der Waals surface area contributed by atoms with Crippen LogP contribution in [0.15, 0.2) is 23.1 Å². The highest BCUT2D eigenvalue weighted by molar-refractivity contribution is 7.99. The van der Waals surface area contributed by atoms with Gasteiger partial charge < -0.3 is 15.2 Å². The van der Waals surface area contributed by atoms with Crippen LogP contribution < -0.4 is 15.2 Å². The Kier molecular flexibility index (Phi) is 3.38. The number of nitrogens with two attached hydrogens (primary N) is 1. The molecule has 0 fully saturated rings. The van der Waals surface area contributed by atoms with Crippen molar-refractivity contribution in [1.29, 1.82) is 0 Å². The molecule has 15 heavy (non-hydrogen) atoms. The van der Waals surface area contributed by atoms with Crippen LogP contribution in [0.4, 0.5) is 0 Å². The van der Waals surface area contributed by atoms with E-state index in [4.69, 9.17) is 15.2 Å². The summed E-state index contributed by atoms with van der Waals surface area (Å²) in [7, 11) is 0. The Morgan fingerprint density at radius 3 is 3.00 bits per heavy atom. The SMILES string of the molecule is CC(CN)CSc1ccc2c(c1)OCO2. The van der Waals surface area contributed by atoms with Crippen LogP contribution in [0.3, 0.4) is 0 Å². The topological polar surface area (TPSA) is 44.5 Å². The van der Waals surface area contributed by atoms with E-state index >= 15 is 0 Å². The summed E-state index contributed by atoms with van der Waals surface area (Å²) >= 11 is 1.80. The van der Waals surface area contributed by atoms with Gasteiger partial charge in [0.2, 0.25) is 6.79 Å². The molecule has 0 aromatic heterocycles. The molecule has 0 spiro atoms. The van der Waals surface area contributed by atoms with Crippen LogP contribution >= 0.6 is 11.8 Å². The number of benzene rings is 1. The van der Waals surface area contributed by atoms with Gasteiger partial charge in [0.05, 0.1) is 0 Å². The Balaban J connectivity index is 1.98. The molecule has 2 rings (SSSR count). The van der Waals surface area contributed by atoms with Crippen LogP contribution in [-0.4, -0.2) is 19.1 Å². The van der Waals surface area contributed by atoms with E-state index in [2.05, 4.69) is 13.0 Å². The van der Waals surface area contributed by atoms with E-state index in [1.54, 1.807) is 11.8 Å². The summed E-state index contributed by atoms with van der Waals surface area (Å²) in [6.45, 7) is 3.22. The minimum Gasteiger partial charge on any atom is -0.454 e. The number of hydrogen-bond acceptors (Lipinski definition) is 4. The van der Waals surface area contributed by atoms with Crippen molar-refractivity contribution < 1.29 is 9.47 Å². The predicted molar refractivity (Wildman–Crippen MR) is 61.5 cm³/mol. The summed E-state index contributed by atoms with van der Waals surface area (Å²) in [6, 6.07) is 6.04. The molecular weight excluding hydrogens is 210 g/mol. The Morgan fingerprint density at radius 2 is 2.20 bits per heavy atom. The second-order valence-corrected chi connectivity index (χ2v) is 4.76. The van der Waals surface area contributed by atoms with E-state index in [1.807, 2.05) is 12.1 Å². The van der Waals surface area contributed by atoms with Gasteiger partial charge in [0, 0.05) is 10.6 Å². The largest absolute Gasteiger partial charge is 0.454 e. The van der Waals surface area contributed by atoms with Gasteiger partial charge in [-0.05, 0) is 30.7 Å². The van der Waals surface area contributed by atoms with E-state index in [9.17, 15) is 0 Å². The summed E-state index contributed by atoms with van der Waals surface area (Å²) in [5.41, 5.74) is 5.57. The van der Waals surface area contributed by atoms with Crippen molar-refractivity contribution in [3.8, 4) is 11.5 Å². The van der Waals surface area contributed by atoms with Crippen molar-refractivity contribution in [3.05, 3.63) is 18.2 Å². The van der Waals surface area contributed by atoms with Crippen molar-refractivity contribution in [2.75, 3.05) is 19.1 Å². The van der Waals surface area contributed by atoms with E-state index in [0.717, 1.165) is 23.8 Å². The Morgan fingerprint density at radius 1 is 1.40 bits per heavy atom. The summed E-state index contributed by atoms with van der Waals surface area (Å²) < 4.78 is 10.6. The van der Waals surface area contributed by atoms with Crippen molar-refractivity contribution in [3.63, 3.8) is 0 Å². The number of rotatable bonds is 4. The Bertz CT molecular complexity index is 343. The third-order valence-corrected chi connectivity index (χ3v) is 3.60. The fourth-order valence-corrected chi connectivity index (χ4v) is 2.24. The molecule has 82 valence electrons. The molecule has 1 unspecified atom stereocenters. The zero-order valence-corrected chi connectivity index (χ0v) is 9.55. The van der Waals surface area contributed by atoms with Gasteiger partial charge in [-0.25, -0.2) is 0 Å². The molecule has 0 radical (unpaired) electrons. The zero-order valence-electron chi connectivity index (χ0n) is 8.73. The Labute approximate surface area is 93.9 Å². The molecule has 1 atom stereocenters. The van der Waals surface area contributed by atoms with Crippen LogP contribution in [0, 0.1) is 5.92 Å². The lowest BCUT2D eigenvalue weighted by Gasteiger charge is -2.07. The van der Waals surface area contributed by atoms with Crippen LogP contribution in [0.5, 0.6) is 11.5 Å². The quantitative estimate of drug-likeness (QED) is 0.797. The van der Waals surface area contributed by atoms with Crippen molar-refractivity contribution in [1.82, 2.24) is 0 Å². The van der Waals surface area contributed by atoms with E-state index in [-0.39, 0.29) is 0 Å². The van der Waals surface area contributed by atoms with Gasteiger partial charge in [-0.2, -0.15) is 0 Å². The maximum absolute atomic E-state index is 5.57. The normalized spacial score (nSPS) is 15.3. The molecule has 0 amide bonds. The third kappa shape index (κ3) is 2.58. The summed E-state index contributed by atoms with van der Waals surface area (Å²) in [5, 5.41) is 0. The minimum absolute atomic E-state index is 0.336. The van der Waals surface area contributed by atoms with Gasteiger partial charge in [-0.15, -0.1) is 11.8 Å². The standard InChI is InChI=1S/C11H15NO2S/c1-8(5-12)6-15-9-2-3-10-11(4-9)14-7-13-10/h2-4,8H,5-7,12H2,1H3. The van der Waals surface area contributed by atoms with E-state index in [1.165, 1.54) is 4.90 Å². The van der Waals surface area contributed by atoms with Crippen molar-refractivity contribution >= 4 is 11.8 Å². The van der Waals surface area contributed by atoms with Crippen LogP contribution in [0.25, 0.3) is 0 Å². The molecule has 1 aliphatic rings. The molecule has 1 aromatic carbocycles. The zero-order chi connectivity index (χ0) is 10.7. The fraction of sp³-hybridized carbons (Fsp3) is 0.455. The summed E-state index contributed by atoms with van der Waals surface area (Å²) in [5.74, 6) is 3.27. The first-order valence-electron chi connectivity index (χ1n) is 5.02. The lowest BCUT2D eigenvalue weighted by Crippen LogP contribution is -2.12. The fourth-order valence-electron chi connectivity index (χ4n) is 1.27. The van der Waals surface area contributed by atoms with Gasteiger partial charge >= 0.3 is 0 Å². The molecule has 2 N–H and O–H groups in total. The first-order valence-corrected chi connectivity index (χ1v) is 6.00. The highest BCUT2D eigenvalue weighted by Gasteiger charge is 2.13. The molecule has 4 heteroatoms. The van der Waals surface area contributed by atoms with Crippen molar-refractivity contribution in [2.24, 2.45) is 11.7 Å². The molecule has 0 saturated heterocycles. The predicted octanol–water partition coefficient (Wildman–Crippen LogP) is 2.10. The number of ether oxygens (including phenoxy) is 2. The maximum Gasteiger partial charge on any atom is 0.231 e. The molecule has 0 aliphatic carbocycles. The van der Waals surface area contributed by atoms with Crippen molar-refractivity contribution in [2.45, 2.75) is 11.8 Å². The van der Waals surface area contributed by atoms with Gasteiger partial charge in [0.15, 0.2) is 11.5 Å². The molecule has 1 heterocycles. The van der Waals surface area contributed by atoms with Gasteiger partial charge in [-0.3, -0.25) is 0 Å². The third-order valence-electron chi connectivity index (χ3n) is 2.28. The maximum atomic E-state index is 5.57. The summed E-state index contributed by atoms with van der Waals surface area (Å²) in [4.78, 5) is 1.21.